The summed E-state index contributed by atoms with van der Waals surface area (Å²) in [7, 11) is 0. The highest BCUT2D eigenvalue weighted by Gasteiger charge is 2.25. The molecule has 0 spiro atoms. The third-order valence-corrected chi connectivity index (χ3v) is 4.33. The average molecular weight is 346 g/mol. The zero-order valence-electron chi connectivity index (χ0n) is 15.5. The molecular weight excluding hydrogens is 316 g/mol. The van der Waals surface area contributed by atoms with Crippen molar-refractivity contribution in [2.45, 2.75) is 64.5 Å². The van der Waals surface area contributed by atoms with Gasteiger partial charge in [0.1, 0.15) is 11.6 Å². The predicted octanol–water partition coefficient (Wildman–Crippen LogP) is 3.43. The van der Waals surface area contributed by atoms with Crippen molar-refractivity contribution in [3.05, 3.63) is 35.9 Å². The van der Waals surface area contributed by atoms with Crippen LogP contribution in [-0.2, 0) is 16.0 Å². The normalized spacial score (nSPS) is 16.3. The van der Waals surface area contributed by atoms with Gasteiger partial charge in [0, 0.05) is 13.0 Å². The van der Waals surface area contributed by atoms with Crippen molar-refractivity contribution in [2.75, 3.05) is 6.54 Å². The molecule has 1 aromatic carbocycles. The van der Waals surface area contributed by atoms with Crippen LogP contribution in [0.25, 0.3) is 0 Å². The molecule has 25 heavy (non-hydrogen) atoms. The molecule has 1 aliphatic carbocycles. The number of ether oxygens (including phenoxy) is 1. The smallest absolute Gasteiger partial charge is 0.408 e. The molecule has 0 bridgehead atoms. The molecule has 0 saturated heterocycles. The maximum absolute atomic E-state index is 12.6. The van der Waals surface area contributed by atoms with Gasteiger partial charge in [-0.05, 0) is 45.1 Å². The van der Waals surface area contributed by atoms with Gasteiger partial charge in [0.05, 0.1) is 0 Å². The topological polar surface area (TPSA) is 67.4 Å². The van der Waals surface area contributed by atoms with Crippen LogP contribution in [0.5, 0.6) is 0 Å². The minimum atomic E-state index is -0.640. The second-order valence-electron chi connectivity index (χ2n) is 7.78. The van der Waals surface area contributed by atoms with Crippen LogP contribution in [0.1, 0.15) is 52.0 Å². The number of amides is 2. The van der Waals surface area contributed by atoms with Crippen molar-refractivity contribution in [1.29, 1.82) is 0 Å². The predicted molar refractivity (Wildman–Crippen MR) is 98.3 cm³/mol. The van der Waals surface area contributed by atoms with E-state index in [0.29, 0.717) is 18.9 Å². The van der Waals surface area contributed by atoms with E-state index in [4.69, 9.17) is 4.74 Å². The van der Waals surface area contributed by atoms with Gasteiger partial charge in [-0.15, -0.1) is 0 Å². The Kier molecular flexibility index (Phi) is 6.85. The number of nitrogens with one attached hydrogen (secondary N) is 2. The molecule has 0 aliphatic heterocycles. The first kappa shape index (κ1) is 19.3. The van der Waals surface area contributed by atoms with Crippen molar-refractivity contribution in [3.63, 3.8) is 0 Å². The van der Waals surface area contributed by atoms with Crippen LogP contribution < -0.4 is 10.6 Å². The maximum atomic E-state index is 12.6. The molecular formula is C20H30N2O3. The van der Waals surface area contributed by atoms with E-state index in [1.54, 1.807) is 20.8 Å². The zero-order valence-corrected chi connectivity index (χ0v) is 15.5. The van der Waals surface area contributed by atoms with Crippen LogP contribution >= 0.6 is 0 Å². The van der Waals surface area contributed by atoms with E-state index in [2.05, 4.69) is 10.6 Å². The van der Waals surface area contributed by atoms with E-state index < -0.39 is 17.7 Å². The lowest BCUT2D eigenvalue weighted by Gasteiger charge is -2.24. The second kappa shape index (κ2) is 8.88. The Labute approximate surface area is 150 Å². The lowest BCUT2D eigenvalue weighted by molar-refractivity contribution is -0.123. The van der Waals surface area contributed by atoms with E-state index in [-0.39, 0.29) is 5.91 Å². The summed E-state index contributed by atoms with van der Waals surface area (Å²) in [5, 5.41) is 5.73. The maximum Gasteiger partial charge on any atom is 0.408 e. The van der Waals surface area contributed by atoms with Crippen LogP contribution in [-0.4, -0.2) is 30.2 Å². The molecule has 1 atom stereocenters. The van der Waals surface area contributed by atoms with Gasteiger partial charge in [-0.2, -0.15) is 0 Å². The molecule has 0 aromatic heterocycles. The van der Waals surface area contributed by atoms with Gasteiger partial charge < -0.3 is 15.4 Å². The largest absolute Gasteiger partial charge is 0.444 e. The zero-order chi connectivity index (χ0) is 18.3. The summed E-state index contributed by atoms with van der Waals surface area (Å²) in [6.07, 6.45) is 4.70. The van der Waals surface area contributed by atoms with Crippen molar-refractivity contribution >= 4 is 12.0 Å². The molecule has 2 N–H and O–H groups in total. The van der Waals surface area contributed by atoms with E-state index >= 15 is 0 Å². The number of hydrogen-bond acceptors (Lipinski definition) is 3. The molecule has 2 rings (SSSR count). The number of carbonyl (C=O) groups is 2. The summed E-state index contributed by atoms with van der Waals surface area (Å²) in [6, 6.07) is 9.05. The van der Waals surface area contributed by atoms with Crippen molar-refractivity contribution in [1.82, 2.24) is 10.6 Å². The molecule has 1 aromatic rings. The molecule has 0 radical (unpaired) electrons. The van der Waals surface area contributed by atoms with Crippen molar-refractivity contribution < 1.29 is 14.3 Å². The van der Waals surface area contributed by atoms with Gasteiger partial charge in [0.25, 0.3) is 0 Å². The lowest BCUT2D eigenvalue weighted by Crippen LogP contribution is -2.50. The molecule has 1 saturated carbocycles. The summed E-state index contributed by atoms with van der Waals surface area (Å²) in [4.78, 5) is 24.7. The highest BCUT2D eigenvalue weighted by atomic mass is 16.6. The standard InChI is InChI=1S/C20H30N2O3/c1-20(2,3)25-19(24)22-17(13-15-9-5-4-6-10-15)18(23)21-14-16-11-7-8-12-16/h4-6,9-10,16-17H,7-8,11-14H2,1-3H3,(H,21,23)(H,22,24). The molecule has 2 amide bonds. The van der Waals surface area contributed by atoms with Crippen LogP contribution in [0, 0.1) is 5.92 Å². The third-order valence-electron chi connectivity index (χ3n) is 4.33. The van der Waals surface area contributed by atoms with Gasteiger partial charge in [-0.3, -0.25) is 4.79 Å². The first-order valence-electron chi connectivity index (χ1n) is 9.14. The monoisotopic (exact) mass is 346 g/mol. The highest BCUT2D eigenvalue weighted by molar-refractivity contribution is 5.86. The minimum Gasteiger partial charge on any atom is -0.444 e. The molecule has 5 nitrogen and oxygen atoms in total. The molecule has 5 heteroatoms. The van der Waals surface area contributed by atoms with E-state index in [0.717, 1.165) is 5.56 Å². The fourth-order valence-corrected chi connectivity index (χ4v) is 3.09. The highest BCUT2D eigenvalue weighted by Crippen LogP contribution is 2.23. The van der Waals surface area contributed by atoms with Crippen LogP contribution in [0.4, 0.5) is 4.79 Å². The Balaban J connectivity index is 1.97. The quantitative estimate of drug-likeness (QED) is 0.829. The van der Waals surface area contributed by atoms with Crippen LogP contribution in [0.15, 0.2) is 30.3 Å². The van der Waals surface area contributed by atoms with Gasteiger partial charge in [-0.25, -0.2) is 4.79 Å². The van der Waals surface area contributed by atoms with E-state index in [9.17, 15) is 9.59 Å². The second-order valence-corrected chi connectivity index (χ2v) is 7.78. The number of benzene rings is 1. The lowest BCUT2D eigenvalue weighted by atomic mass is 10.0. The summed E-state index contributed by atoms with van der Waals surface area (Å²) >= 11 is 0. The summed E-state index contributed by atoms with van der Waals surface area (Å²) in [5.41, 5.74) is 0.404. The number of rotatable bonds is 6. The average Bonchev–Trinajstić information content (AvgIpc) is 3.04. The minimum absolute atomic E-state index is 0.151. The first-order chi connectivity index (χ1) is 11.8. The first-order valence-corrected chi connectivity index (χ1v) is 9.14. The van der Waals surface area contributed by atoms with Gasteiger partial charge in [0.2, 0.25) is 5.91 Å². The molecule has 0 heterocycles. The Morgan fingerprint density at radius 3 is 2.40 bits per heavy atom. The Morgan fingerprint density at radius 2 is 1.80 bits per heavy atom. The summed E-state index contributed by atoms with van der Waals surface area (Å²) < 4.78 is 5.30. The SMILES string of the molecule is CC(C)(C)OC(=O)NC(Cc1ccccc1)C(=O)NCC1CCCC1. The van der Waals surface area contributed by atoms with Crippen molar-refractivity contribution in [3.8, 4) is 0 Å². The number of carbonyl (C=O) groups excluding carboxylic acids is 2. The van der Waals surface area contributed by atoms with Gasteiger partial charge in [-0.1, -0.05) is 43.2 Å². The van der Waals surface area contributed by atoms with Crippen LogP contribution in [0.2, 0.25) is 0 Å². The summed E-state index contributed by atoms with van der Waals surface area (Å²) in [6.45, 7) is 6.09. The molecule has 1 aliphatic rings. The molecule has 1 fully saturated rings. The van der Waals surface area contributed by atoms with Gasteiger partial charge in [0.15, 0.2) is 0 Å². The fourth-order valence-electron chi connectivity index (χ4n) is 3.09. The molecule has 1 unspecified atom stereocenters. The Bertz CT molecular complexity index is 560. The summed E-state index contributed by atoms with van der Waals surface area (Å²) in [5.74, 6) is 0.407. The van der Waals surface area contributed by atoms with Gasteiger partial charge >= 0.3 is 6.09 Å². The van der Waals surface area contributed by atoms with Crippen LogP contribution in [0.3, 0.4) is 0 Å². The fraction of sp³-hybridized carbons (Fsp3) is 0.600. The Hall–Kier alpha value is -2.04. The number of hydrogen-bond donors (Lipinski definition) is 2. The molecule has 138 valence electrons. The third kappa shape index (κ3) is 7.16. The number of alkyl carbamates (subject to hydrolysis) is 1. The van der Waals surface area contributed by atoms with E-state index in [1.165, 1.54) is 25.7 Å². The van der Waals surface area contributed by atoms with E-state index in [1.807, 2.05) is 30.3 Å². The van der Waals surface area contributed by atoms with Crippen molar-refractivity contribution in [2.24, 2.45) is 5.92 Å². The Morgan fingerprint density at radius 1 is 1.16 bits per heavy atom.